The second-order valence-electron chi connectivity index (χ2n) is 5.45. The summed E-state index contributed by atoms with van der Waals surface area (Å²) in [6.45, 7) is 5.49. The third-order valence-corrected chi connectivity index (χ3v) is 3.36. The highest BCUT2D eigenvalue weighted by molar-refractivity contribution is 5.84. The minimum absolute atomic E-state index is 0.00259. The highest BCUT2D eigenvalue weighted by Crippen LogP contribution is 2.35. The molecule has 3 heterocycles. The van der Waals surface area contributed by atoms with Crippen LogP contribution in [0.15, 0.2) is 17.2 Å². The molecule has 0 N–H and O–H groups in total. The van der Waals surface area contributed by atoms with Crippen LogP contribution >= 0.6 is 0 Å². The van der Waals surface area contributed by atoms with Crippen molar-refractivity contribution in [1.82, 2.24) is 14.3 Å². The molecule has 4 nitrogen and oxygen atoms in total. The Morgan fingerprint density at radius 1 is 1.38 bits per heavy atom. The summed E-state index contributed by atoms with van der Waals surface area (Å²) in [5.74, 6) is 0. The Labute approximate surface area is 93.5 Å². The summed E-state index contributed by atoms with van der Waals surface area (Å²) in [6, 6.07) is 0. The Morgan fingerprint density at radius 2 is 2.12 bits per heavy atom. The number of rotatable bonds is 0. The topological polar surface area (TPSA) is 39.8 Å². The first-order valence-corrected chi connectivity index (χ1v) is 5.52. The minimum atomic E-state index is -0.00259. The lowest BCUT2D eigenvalue weighted by Gasteiger charge is -2.14. The molecule has 2 aromatic rings. The zero-order valence-corrected chi connectivity index (χ0v) is 9.82. The Bertz CT molecular complexity index is 633. The molecule has 0 aliphatic carbocycles. The first-order chi connectivity index (χ1) is 7.48. The number of aryl methyl sites for hydroxylation is 1. The van der Waals surface area contributed by atoms with Gasteiger partial charge in [0.15, 0.2) is 0 Å². The highest BCUT2D eigenvalue weighted by Gasteiger charge is 2.30. The SMILES string of the molecule is Cn1ncc2c3n(cc2c1=O)CC(C)(C)C3. The first-order valence-electron chi connectivity index (χ1n) is 5.52. The fraction of sp³-hybridized carbons (Fsp3) is 0.500. The smallest absolute Gasteiger partial charge is 0.275 e. The third kappa shape index (κ3) is 1.16. The fourth-order valence-corrected chi connectivity index (χ4v) is 2.61. The number of aromatic nitrogens is 3. The largest absolute Gasteiger partial charge is 0.349 e. The lowest BCUT2D eigenvalue weighted by molar-refractivity contribution is 0.359. The molecule has 1 aliphatic heterocycles. The van der Waals surface area contributed by atoms with Crippen LogP contribution in [0.1, 0.15) is 19.5 Å². The molecule has 0 saturated heterocycles. The number of hydrogen-bond donors (Lipinski definition) is 0. The Balaban J connectivity index is 2.33. The summed E-state index contributed by atoms with van der Waals surface area (Å²) in [6.07, 6.45) is 4.80. The van der Waals surface area contributed by atoms with E-state index in [1.807, 2.05) is 12.4 Å². The van der Waals surface area contributed by atoms with Crippen molar-refractivity contribution in [1.29, 1.82) is 0 Å². The van der Waals surface area contributed by atoms with Gasteiger partial charge in [0.1, 0.15) is 0 Å². The van der Waals surface area contributed by atoms with Crippen LogP contribution in [0.5, 0.6) is 0 Å². The summed E-state index contributed by atoms with van der Waals surface area (Å²) >= 11 is 0. The van der Waals surface area contributed by atoms with Gasteiger partial charge in [-0.2, -0.15) is 5.10 Å². The summed E-state index contributed by atoms with van der Waals surface area (Å²) in [5.41, 5.74) is 1.55. The second kappa shape index (κ2) is 2.75. The van der Waals surface area contributed by atoms with Crippen LogP contribution in [0.4, 0.5) is 0 Å². The Morgan fingerprint density at radius 3 is 2.88 bits per heavy atom. The summed E-state index contributed by atoms with van der Waals surface area (Å²) in [7, 11) is 1.69. The number of nitrogens with zero attached hydrogens (tertiary/aromatic N) is 3. The highest BCUT2D eigenvalue weighted by atomic mass is 16.1. The van der Waals surface area contributed by atoms with Crippen molar-refractivity contribution in [2.24, 2.45) is 12.5 Å². The molecule has 16 heavy (non-hydrogen) atoms. The molecule has 0 amide bonds. The molecule has 0 saturated carbocycles. The van der Waals surface area contributed by atoms with E-state index in [1.165, 1.54) is 10.4 Å². The molecule has 0 bridgehead atoms. The molecular weight excluding hydrogens is 202 g/mol. The normalized spacial score (nSPS) is 17.9. The van der Waals surface area contributed by atoms with E-state index >= 15 is 0 Å². The summed E-state index contributed by atoms with van der Waals surface area (Å²) in [4.78, 5) is 11.9. The lowest BCUT2D eigenvalue weighted by atomic mass is 9.90. The van der Waals surface area contributed by atoms with Crippen LogP contribution in [-0.2, 0) is 20.0 Å². The standard InChI is InChI=1S/C12H15N3O/c1-12(2)4-10-8-5-13-14(3)11(16)9(8)6-15(10)7-12/h5-6H,4,7H2,1-3H3. The average Bonchev–Trinajstić information content (AvgIpc) is 2.64. The van der Waals surface area contributed by atoms with Crippen molar-refractivity contribution in [3.05, 3.63) is 28.4 Å². The van der Waals surface area contributed by atoms with E-state index in [-0.39, 0.29) is 5.56 Å². The average molecular weight is 217 g/mol. The van der Waals surface area contributed by atoms with E-state index in [4.69, 9.17) is 0 Å². The fourth-order valence-electron chi connectivity index (χ4n) is 2.61. The molecule has 0 aromatic carbocycles. The van der Waals surface area contributed by atoms with Gasteiger partial charge in [0.25, 0.3) is 5.56 Å². The predicted octanol–water partition coefficient (Wildman–Crippen LogP) is 1.32. The zero-order chi connectivity index (χ0) is 11.5. The summed E-state index contributed by atoms with van der Waals surface area (Å²) in [5, 5.41) is 5.91. The lowest BCUT2D eigenvalue weighted by Crippen LogP contribution is -2.19. The van der Waals surface area contributed by atoms with Gasteiger partial charge < -0.3 is 4.57 Å². The van der Waals surface area contributed by atoms with E-state index in [1.54, 1.807) is 7.05 Å². The second-order valence-corrected chi connectivity index (χ2v) is 5.45. The number of hydrogen-bond acceptors (Lipinski definition) is 2. The predicted molar refractivity (Wildman–Crippen MR) is 62.5 cm³/mol. The van der Waals surface area contributed by atoms with Gasteiger partial charge in [-0.3, -0.25) is 4.79 Å². The van der Waals surface area contributed by atoms with Crippen molar-refractivity contribution in [3.63, 3.8) is 0 Å². The maximum Gasteiger partial charge on any atom is 0.275 e. The summed E-state index contributed by atoms with van der Waals surface area (Å²) < 4.78 is 3.59. The molecule has 0 spiro atoms. The van der Waals surface area contributed by atoms with E-state index in [2.05, 4.69) is 23.5 Å². The van der Waals surface area contributed by atoms with E-state index in [0.29, 0.717) is 5.41 Å². The van der Waals surface area contributed by atoms with Crippen molar-refractivity contribution < 1.29 is 0 Å². The van der Waals surface area contributed by atoms with Crippen molar-refractivity contribution >= 4 is 10.8 Å². The van der Waals surface area contributed by atoms with Crippen LogP contribution in [0.25, 0.3) is 10.8 Å². The van der Waals surface area contributed by atoms with Crippen molar-refractivity contribution in [2.75, 3.05) is 0 Å². The zero-order valence-electron chi connectivity index (χ0n) is 9.82. The maximum atomic E-state index is 11.9. The minimum Gasteiger partial charge on any atom is -0.349 e. The van der Waals surface area contributed by atoms with Gasteiger partial charge in [0.05, 0.1) is 11.6 Å². The molecule has 84 valence electrons. The van der Waals surface area contributed by atoms with Gasteiger partial charge in [-0.05, 0) is 11.8 Å². The molecule has 0 fully saturated rings. The quantitative estimate of drug-likeness (QED) is 0.667. The monoisotopic (exact) mass is 217 g/mol. The van der Waals surface area contributed by atoms with Gasteiger partial charge in [-0.25, -0.2) is 4.68 Å². The van der Waals surface area contributed by atoms with Crippen LogP contribution < -0.4 is 5.56 Å². The first kappa shape index (κ1) is 9.63. The number of fused-ring (bicyclic) bond motifs is 3. The van der Waals surface area contributed by atoms with Gasteiger partial charge in [0.2, 0.25) is 0 Å². The molecule has 0 atom stereocenters. The van der Waals surface area contributed by atoms with Crippen molar-refractivity contribution in [3.8, 4) is 0 Å². The van der Waals surface area contributed by atoms with Gasteiger partial charge in [-0.1, -0.05) is 13.8 Å². The molecular formula is C12H15N3O. The van der Waals surface area contributed by atoms with Crippen LogP contribution in [-0.4, -0.2) is 14.3 Å². The Hall–Kier alpha value is -1.58. The molecule has 0 unspecified atom stereocenters. The van der Waals surface area contributed by atoms with Crippen LogP contribution in [0.2, 0.25) is 0 Å². The molecule has 2 aromatic heterocycles. The van der Waals surface area contributed by atoms with Crippen molar-refractivity contribution in [2.45, 2.75) is 26.8 Å². The van der Waals surface area contributed by atoms with Gasteiger partial charge in [-0.15, -0.1) is 0 Å². The third-order valence-electron chi connectivity index (χ3n) is 3.36. The van der Waals surface area contributed by atoms with E-state index < -0.39 is 0 Å². The van der Waals surface area contributed by atoms with Crippen LogP contribution in [0, 0.1) is 5.41 Å². The molecule has 4 heteroatoms. The molecule has 1 aliphatic rings. The van der Waals surface area contributed by atoms with Gasteiger partial charge in [0, 0.05) is 30.9 Å². The maximum absolute atomic E-state index is 11.9. The molecule has 3 rings (SSSR count). The van der Waals surface area contributed by atoms with E-state index in [9.17, 15) is 4.79 Å². The Kier molecular flexibility index (Phi) is 1.66. The molecule has 0 radical (unpaired) electrons. The van der Waals surface area contributed by atoms with Crippen LogP contribution in [0.3, 0.4) is 0 Å². The van der Waals surface area contributed by atoms with Gasteiger partial charge >= 0.3 is 0 Å². The van der Waals surface area contributed by atoms with E-state index in [0.717, 1.165) is 23.7 Å².